The minimum Gasteiger partial charge on any atom is -0.386 e. The summed E-state index contributed by atoms with van der Waals surface area (Å²) in [6.07, 6.45) is 0.737. The molecule has 0 aliphatic carbocycles. The monoisotopic (exact) mass is 336 g/mol. The molecular formula is C19H20N4O2. The van der Waals surface area contributed by atoms with Crippen molar-refractivity contribution in [1.29, 1.82) is 0 Å². The molecule has 1 heterocycles. The van der Waals surface area contributed by atoms with Crippen molar-refractivity contribution in [2.24, 2.45) is 0 Å². The summed E-state index contributed by atoms with van der Waals surface area (Å²) in [5.74, 6) is -0.305. The number of carbonyl (C=O) groups is 1. The number of anilines is 1. The minimum atomic E-state index is -0.710. The van der Waals surface area contributed by atoms with Crippen molar-refractivity contribution < 1.29 is 9.90 Å². The molecule has 1 amide bonds. The van der Waals surface area contributed by atoms with Crippen molar-refractivity contribution in [2.75, 3.05) is 5.32 Å². The van der Waals surface area contributed by atoms with Crippen LogP contribution < -0.4 is 5.32 Å². The van der Waals surface area contributed by atoms with E-state index in [-0.39, 0.29) is 18.3 Å². The number of hydrogen-bond donors (Lipinski definition) is 2. The maximum absolute atomic E-state index is 12.3. The van der Waals surface area contributed by atoms with Gasteiger partial charge in [0, 0.05) is 5.69 Å². The van der Waals surface area contributed by atoms with Gasteiger partial charge in [-0.3, -0.25) is 4.79 Å². The highest BCUT2D eigenvalue weighted by Crippen LogP contribution is 2.17. The van der Waals surface area contributed by atoms with E-state index in [0.29, 0.717) is 0 Å². The summed E-state index contributed by atoms with van der Waals surface area (Å²) < 4.78 is 1.47. The van der Waals surface area contributed by atoms with Gasteiger partial charge in [-0.2, -0.15) is 0 Å². The van der Waals surface area contributed by atoms with E-state index in [2.05, 4.69) is 15.4 Å². The molecular weight excluding hydrogens is 316 g/mol. The quantitative estimate of drug-likeness (QED) is 0.751. The summed E-state index contributed by atoms with van der Waals surface area (Å²) in [6.45, 7) is 4.17. The van der Waals surface area contributed by atoms with Crippen LogP contribution in [0.2, 0.25) is 0 Å². The Hall–Kier alpha value is -2.99. The molecule has 1 unspecified atom stereocenters. The predicted molar refractivity (Wildman–Crippen MR) is 95.3 cm³/mol. The first-order chi connectivity index (χ1) is 12.0. The number of carbonyl (C=O) groups excluding carboxylic acids is 1. The minimum absolute atomic E-state index is 0.0697. The zero-order chi connectivity index (χ0) is 17.8. The Bertz CT molecular complexity index is 874. The average Bonchev–Trinajstić information content (AvgIpc) is 3.07. The topological polar surface area (TPSA) is 80.0 Å². The predicted octanol–water partition coefficient (Wildman–Crippen LogP) is 2.88. The first-order valence-electron chi connectivity index (χ1n) is 8.04. The maximum atomic E-state index is 12.3. The van der Waals surface area contributed by atoms with Gasteiger partial charge in [0.05, 0.1) is 12.6 Å². The van der Waals surface area contributed by atoms with Gasteiger partial charge in [0.1, 0.15) is 6.33 Å². The van der Waals surface area contributed by atoms with Crippen molar-refractivity contribution in [2.45, 2.75) is 26.5 Å². The number of nitrogens with zero attached hydrogens (tertiary/aromatic N) is 3. The number of nitrogens with one attached hydrogen (secondary N) is 1. The van der Waals surface area contributed by atoms with Gasteiger partial charge in [-0.05, 0) is 31.0 Å². The van der Waals surface area contributed by atoms with Crippen molar-refractivity contribution in [3.8, 4) is 0 Å². The fourth-order valence-corrected chi connectivity index (χ4v) is 2.58. The lowest BCUT2D eigenvalue weighted by Gasteiger charge is -2.10. The molecule has 1 atom stereocenters. The van der Waals surface area contributed by atoms with Crippen LogP contribution in [0.3, 0.4) is 0 Å². The zero-order valence-corrected chi connectivity index (χ0v) is 14.2. The third-order valence-corrected chi connectivity index (χ3v) is 3.91. The van der Waals surface area contributed by atoms with Crippen molar-refractivity contribution in [3.05, 3.63) is 77.4 Å². The molecule has 0 saturated carbocycles. The molecule has 6 nitrogen and oxygen atoms in total. The van der Waals surface area contributed by atoms with E-state index in [1.54, 1.807) is 0 Å². The fourth-order valence-electron chi connectivity index (χ4n) is 2.58. The molecule has 2 aromatic carbocycles. The van der Waals surface area contributed by atoms with Crippen LogP contribution in [0.5, 0.6) is 0 Å². The first kappa shape index (κ1) is 16.9. The Kier molecular flexibility index (Phi) is 4.90. The lowest BCUT2D eigenvalue weighted by molar-refractivity contribution is 0.101. The summed E-state index contributed by atoms with van der Waals surface area (Å²) in [7, 11) is 0. The third kappa shape index (κ3) is 4.10. The summed E-state index contributed by atoms with van der Waals surface area (Å²) in [5, 5.41) is 17.2. The average molecular weight is 336 g/mol. The number of benzene rings is 2. The van der Waals surface area contributed by atoms with Gasteiger partial charge in [-0.25, -0.2) is 9.67 Å². The Balaban J connectivity index is 1.67. The lowest BCUT2D eigenvalue weighted by Crippen LogP contribution is -2.16. The van der Waals surface area contributed by atoms with E-state index >= 15 is 0 Å². The highest BCUT2D eigenvalue weighted by molar-refractivity contribution is 6.01. The number of rotatable bonds is 5. The standard InChI is InChI=1S/C19H20N4O2/c1-13-8-9-16(14(2)10-13)21-19(25)18-20-12-23(22-18)11-17(24)15-6-4-3-5-7-15/h3-10,12,17,24H,11H2,1-2H3,(H,21,25). The van der Waals surface area contributed by atoms with Crippen LogP contribution in [0.1, 0.15) is 33.4 Å². The normalized spacial score (nSPS) is 12.0. The van der Waals surface area contributed by atoms with E-state index < -0.39 is 6.10 Å². The molecule has 6 heteroatoms. The van der Waals surface area contributed by atoms with Crippen LogP contribution in [-0.4, -0.2) is 25.8 Å². The van der Waals surface area contributed by atoms with Gasteiger partial charge in [0.25, 0.3) is 5.91 Å². The van der Waals surface area contributed by atoms with Gasteiger partial charge in [0.15, 0.2) is 0 Å². The molecule has 0 saturated heterocycles. The summed E-state index contributed by atoms with van der Waals surface area (Å²) in [6, 6.07) is 15.1. The molecule has 0 radical (unpaired) electrons. The van der Waals surface area contributed by atoms with Gasteiger partial charge in [0.2, 0.25) is 5.82 Å². The molecule has 0 spiro atoms. The molecule has 128 valence electrons. The van der Waals surface area contributed by atoms with Crippen LogP contribution in [0.25, 0.3) is 0 Å². The summed E-state index contributed by atoms with van der Waals surface area (Å²) in [4.78, 5) is 16.3. The number of aliphatic hydroxyl groups excluding tert-OH is 1. The molecule has 2 N–H and O–H groups in total. The van der Waals surface area contributed by atoms with E-state index in [9.17, 15) is 9.90 Å². The van der Waals surface area contributed by atoms with E-state index in [0.717, 1.165) is 22.4 Å². The molecule has 3 rings (SSSR count). The van der Waals surface area contributed by atoms with Gasteiger partial charge in [-0.15, -0.1) is 5.10 Å². The Morgan fingerprint density at radius 1 is 1.20 bits per heavy atom. The molecule has 0 aliphatic rings. The van der Waals surface area contributed by atoms with Gasteiger partial charge in [-0.1, -0.05) is 48.0 Å². The molecule has 1 aromatic heterocycles. The molecule has 0 aliphatic heterocycles. The first-order valence-corrected chi connectivity index (χ1v) is 8.04. The van der Waals surface area contributed by atoms with Crippen molar-refractivity contribution >= 4 is 11.6 Å². The molecule has 0 bridgehead atoms. The summed E-state index contributed by atoms with van der Waals surface area (Å²) >= 11 is 0. The second-order valence-corrected chi connectivity index (χ2v) is 5.99. The smallest absolute Gasteiger partial charge is 0.295 e. The SMILES string of the molecule is Cc1ccc(NC(=O)c2ncn(CC(O)c3ccccc3)n2)c(C)c1. The molecule has 3 aromatic rings. The number of aromatic nitrogens is 3. The number of aliphatic hydroxyl groups is 1. The van der Waals surface area contributed by atoms with Gasteiger partial charge < -0.3 is 10.4 Å². The van der Waals surface area contributed by atoms with Gasteiger partial charge >= 0.3 is 0 Å². The van der Waals surface area contributed by atoms with Crippen LogP contribution in [-0.2, 0) is 6.54 Å². The Morgan fingerprint density at radius 3 is 2.68 bits per heavy atom. The second-order valence-electron chi connectivity index (χ2n) is 5.99. The van der Waals surface area contributed by atoms with E-state index in [1.165, 1.54) is 11.0 Å². The van der Waals surface area contributed by atoms with E-state index in [4.69, 9.17) is 0 Å². The van der Waals surface area contributed by atoms with Crippen LogP contribution in [0.4, 0.5) is 5.69 Å². The highest BCUT2D eigenvalue weighted by Gasteiger charge is 2.15. The maximum Gasteiger partial charge on any atom is 0.295 e. The summed E-state index contributed by atoms with van der Waals surface area (Å²) in [5.41, 5.74) is 3.63. The Labute approximate surface area is 146 Å². The Morgan fingerprint density at radius 2 is 1.96 bits per heavy atom. The van der Waals surface area contributed by atoms with Crippen LogP contribution in [0, 0.1) is 13.8 Å². The van der Waals surface area contributed by atoms with Crippen LogP contribution in [0.15, 0.2) is 54.9 Å². The number of aryl methyl sites for hydroxylation is 2. The zero-order valence-electron chi connectivity index (χ0n) is 14.2. The largest absolute Gasteiger partial charge is 0.386 e. The lowest BCUT2D eigenvalue weighted by atomic mass is 10.1. The molecule has 25 heavy (non-hydrogen) atoms. The fraction of sp³-hybridized carbons (Fsp3) is 0.211. The van der Waals surface area contributed by atoms with Crippen LogP contribution >= 0.6 is 0 Å². The number of hydrogen-bond acceptors (Lipinski definition) is 4. The van der Waals surface area contributed by atoms with Crippen molar-refractivity contribution in [3.63, 3.8) is 0 Å². The second kappa shape index (κ2) is 7.27. The third-order valence-electron chi connectivity index (χ3n) is 3.91. The molecule has 0 fully saturated rings. The van der Waals surface area contributed by atoms with Crippen molar-refractivity contribution in [1.82, 2.24) is 14.8 Å². The highest BCUT2D eigenvalue weighted by atomic mass is 16.3. The number of amides is 1. The van der Waals surface area contributed by atoms with E-state index in [1.807, 2.05) is 62.4 Å².